The molecule has 0 radical (unpaired) electrons. The van der Waals surface area contributed by atoms with Crippen LogP contribution < -0.4 is 0 Å². The summed E-state index contributed by atoms with van der Waals surface area (Å²) in [5, 5.41) is 0. The van der Waals surface area contributed by atoms with Gasteiger partial charge in [0.1, 0.15) is 0 Å². The van der Waals surface area contributed by atoms with Crippen molar-refractivity contribution in [3.63, 3.8) is 0 Å². The maximum absolute atomic E-state index is 6.32. The SMILES string of the molecule is C(=CC=C1C=C(c2ccccc2)CC(c2ccccc2)=C1)C=Cc1cc(-c2ccccc2)[o+]c(-c2ccccc2)c1. The maximum Gasteiger partial charge on any atom is 0.361 e. The Bertz CT molecular complexity index is 1640. The van der Waals surface area contributed by atoms with Gasteiger partial charge in [-0.1, -0.05) is 140 Å². The van der Waals surface area contributed by atoms with Crippen LogP contribution in [0.15, 0.2) is 180 Å². The molecule has 196 valence electrons. The molecule has 4 aromatic carbocycles. The molecule has 0 aliphatic heterocycles. The summed E-state index contributed by atoms with van der Waals surface area (Å²) in [5.74, 6) is 1.69. The summed E-state index contributed by atoms with van der Waals surface area (Å²) in [7, 11) is 0. The summed E-state index contributed by atoms with van der Waals surface area (Å²) in [5.41, 5.74) is 9.58. The molecule has 1 heterocycles. The van der Waals surface area contributed by atoms with Crippen molar-refractivity contribution in [3.8, 4) is 22.6 Å². The Labute approximate surface area is 242 Å². The highest BCUT2D eigenvalue weighted by Gasteiger charge is 2.18. The van der Waals surface area contributed by atoms with E-state index in [4.69, 9.17) is 4.42 Å². The van der Waals surface area contributed by atoms with Crippen molar-refractivity contribution >= 4 is 17.2 Å². The lowest BCUT2D eigenvalue weighted by molar-refractivity contribution is 0.581. The highest BCUT2D eigenvalue weighted by atomic mass is 16.3. The molecule has 0 N–H and O–H groups in total. The van der Waals surface area contributed by atoms with Crippen molar-refractivity contribution in [3.05, 3.63) is 192 Å². The second-order valence-electron chi connectivity index (χ2n) is 10.0. The van der Waals surface area contributed by atoms with E-state index in [1.807, 2.05) is 36.4 Å². The Hall–Kier alpha value is -5.27. The molecule has 1 heteroatoms. The molecule has 0 spiro atoms. The fourth-order valence-electron chi connectivity index (χ4n) is 5.03. The fraction of sp³-hybridized carbons (Fsp3) is 0.0250. The Balaban J connectivity index is 1.28. The largest absolute Gasteiger partial charge is 0.361 e. The first-order valence-corrected chi connectivity index (χ1v) is 14.0. The number of rotatable bonds is 7. The van der Waals surface area contributed by atoms with E-state index in [2.05, 4.69) is 140 Å². The van der Waals surface area contributed by atoms with Crippen molar-refractivity contribution in [2.75, 3.05) is 0 Å². The average Bonchev–Trinajstić information content (AvgIpc) is 3.06. The molecule has 1 aromatic heterocycles. The third kappa shape index (κ3) is 6.66. The molecular weight excluding hydrogens is 496 g/mol. The second-order valence-corrected chi connectivity index (χ2v) is 10.0. The van der Waals surface area contributed by atoms with Crippen LogP contribution in [0.1, 0.15) is 23.1 Å². The lowest BCUT2D eigenvalue weighted by atomic mass is 9.87. The number of hydrogen-bond donors (Lipinski definition) is 0. The van der Waals surface area contributed by atoms with Crippen LogP contribution in [0.5, 0.6) is 0 Å². The summed E-state index contributed by atoms with van der Waals surface area (Å²) in [6.07, 6.45) is 16.1. The van der Waals surface area contributed by atoms with Crippen LogP contribution in [0, 0.1) is 0 Å². The van der Waals surface area contributed by atoms with Gasteiger partial charge in [0.05, 0.1) is 23.3 Å². The van der Waals surface area contributed by atoms with Gasteiger partial charge in [0.25, 0.3) is 0 Å². The van der Waals surface area contributed by atoms with E-state index < -0.39 is 0 Å². The van der Waals surface area contributed by atoms with Crippen molar-refractivity contribution in [1.82, 2.24) is 0 Å². The minimum Gasteiger partial charge on any atom is -0.207 e. The third-order valence-corrected chi connectivity index (χ3v) is 7.08. The van der Waals surface area contributed by atoms with Gasteiger partial charge in [-0.15, -0.1) is 0 Å². The zero-order valence-electron chi connectivity index (χ0n) is 22.9. The lowest BCUT2D eigenvalue weighted by Crippen LogP contribution is -1.96. The molecule has 41 heavy (non-hydrogen) atoms. The predicted octanol–water partition coefficient (Wildman–Crippen LogP) is 11.0. The van der Waals surface area contributed by atoms with E-state index in [9.17, 15) is 0 Å². The van der Waals surface area contributed by atoms with Crippen molar-refractivity contribution in [2.45, 2.75) is 6.42 Å². The van der Waals surface area contributed by atoms with Crippen molar-refractivity contribution < 1.29 is 4.42 Å². The summed E-state index contributed by atoms with van der Waals surface area (Å²) < 4.78 is 6.32. The normalized spacial score (nSPS) is 13.3. The maximum atomic E-state index is 6.32. The zero-order valence-corrected chi connectivity index (χ0v) is 22.9. The predicted molar refractivity (Wildman–Crippen MR) is 174 cm³/mol. The molecule has 1 nitrogen and oxygen atoms in total. The minimum atomic E-state index is 0.845. The second kappa shape index (κ2) is 12.7. The lowest BCUT2D eigenvalue weighted by Gasteiger charge is -2.17. The van der Waals surface area contributed by atoms with E-state index in [1.54, 1.807) is 0 Å². The zero-order chi connectivity index (χ0) is 27.7. The first kappa shape index (κ1) is 26.0. The van der Waals surface area contributed by atoms with E-state index in [0.29, 0.717) is 0 Å². The molecule has 5 aromatic rings. The van der Waals surface area contributed by atoms with Crippen LogP contribution >= 0.6 is 0 Å². The molecule has 0 fully saturated rings. The van der Waals surface area contributed by atoms with Gasteiger partial charge >= 0.3 is 11.5 Å². The topological polar surface area (TPSA) is 11.3 Å². The van der Waals surface area contributed by atoms with Crippen LogP contribution in [-0.2, 0) is 0 Å². The van der Waals surface area contributed by atoms with E-state index in [0.717, 1.165) is 34.6 Å². The Morgan fingerprint density at radius 3 is 1.37 bits per heavy atom. The number of benzene rings is 4. The van der Waals surface area contributed by atoms with Crippen LogP contribution in [0.2, 0.25) is 0 Å². The summed E-state index contributed by atoms with van der Waals surface area (Å²) in [6, 6.07) is 46.0. The molecule has 0 bridgehead atoms. The quantitative estimate of drug-likeness (QED) is 0.151. The van der Waals surface area contributed by atoms with Gasteiger partial charge in [0.15, 0.2) is 0 Å². The Kier molecular flexibility index (Phi) is 8.06. The van der Waals surface area contributed by atoms with Gasteiger partial charge in [-0.25, -0.2) is 4.42 Å². The third-order valence-electron chi connectivity index (χ3n) is 7.08. The minimum absolute atomic E-state index is 0.845. The van der Waals surface area contributed by atoms with Gasteiger partial charge in [-0.05, 0) is 64.1 Å². The molecule has 0 saturated heterocycles. The number of allylic oxidation sites excluding steroid dienone is 9. The first-order valence-electron chi connectivity index (χ1n) is 14.0. The Morgan fingerprint density at radius 2 is 0.902 bits per heavy atom. The highest BCUT2D eigenvalue weighted by molar-refractivity contribution is 5.86. The molecule has 0 unspecified atom stereocenters. The van der Waals surface area contributed by atoms with Crippen molar-refractivity contribution in [2.24, 2.45) is 0 Å². The molecular formula is C40H31O+. The van der Waals surface area contributed by atoms with Gasteiger partial charge < -0.3 is 0 Å². The highest BCUT2D eigenvalue weighted by Crippen LogP contribution is 2.35. The molecule has 1 aliphatic rings. The van der Waals surface area contributed by atoms with E-state index >= 15 is 0 Å². The molecule has 1 aliphatic carbocycles. The molecule has 0 atom stereocenters. The van der Waals surface area contributed by atoms with Crippen LogP contribution in [0.25, 0.3) is 39.9 Å². The average molecular weight is 528 g/mol. The standard InChI is InChI=1S/C40H31O/c1(6-16-31-26-37(33-18-8-2-9-19-33)30-38(27-31)34-20-10-3-11-21-34)7-17-32-28-39(35-22-12-4-13-23-35)41-40(29-32)36-24-14-5-15-25-36/h1-29H,30H2/q+1. The molecule has 0 amide bonds. The summed E-state index contributed by atoms with van der Waals surface area (Å²) >= 11 is 0. The summed E-state index contributed by atoms with van der Waals surface area (Å²) in [4.78, 5) is 0. The molecule has 6 rings (SSSR count). The first-order chi connectivity index (χ1) is 20.3. The Morgan fingerprint density at radius 1 is 0.463 bits per heavy atom. The van der Waals surface area contributed by atoms with Crippen LogP contribution in [0.4, 0.5) is 0 Å². The molecule has 0 saturated carbocycles. The van der Waals surface area contributed by atoms with E-state index in [-0.39, 0.29) is 0 Å². The van der Waals surface area contributed by atoms with Crippen LogP contribution in [-0.4, -0.2) is 0 Å². The van der Waals surface area contributed by atoms with Gasteiger partial charge in [-0.3, -0.25) is 0 Å². The van der Waals surface area contributed by atoms with Gasteiger partial charge in [-0.2, -0.15) is 0 Å². The van der Waals surface area contributed by atoms with Crippen molar-refractivity contribution in [1.29, 1.82) is 0 Å². The van der Waals surface area contributed by atoms with Gasteiger partial charge in [0, 0.05) is 0 Å². The monoisotopic (exact) mass is 527 g/mol. The van der Waals surface area contributed by atoms with E-state index in [1.165, 1.54) is 27.8 Å². The smallest absolute Gasteiger partial charge is 0.207 e. The van der Waals surface area contributed by atoms with Crippen LogP contribution in [0.3, 0.4) is 0 Å². The summed E-state index contributed by atoms with van der Waals surface area (Å²) in [6.45, 7) is 0. The number of hydrogen-bond acceptors (Lipinski definition) is 0. The van der Waals surface area contributed by atoms with Gasteiger partial charge in [0.2, 0.25) is 0 Å². The fourth-order valence-corrected chi connectivity index (χ4v) is 5.03.